The van der Waals surface area contributed by atoms with E-state index in [1.807, 2.05) is 32.0 Å². The number of aromatic nitrogens is 2. The first-order chi connectivity index (χ1) is 18.5. The number of likely N-dealkylation sites (N-methyl/N-ethyl adjacent to an activating group) is 1. The Balaban J connectivity index is 1.84. The highest BCUT2D eigenvalue weighted by Crippen LogP contribution is 2.41. The highest BCUT2D eigenvalue weighted by atomic mass is 19.4. The minimum atomic E-state index is -4.47. The fraction of sp³-hybridized carbons (Fsp3) is 0.345. The van der Waals surface area contributed by atoms with Crippen LogP contribution in [0.1, 0.15) is 23.6 Å². The Bertz CT molecular complexity index is 1420. The predicted molar refractivity (Wildman–Crippen MR) is 144 cm³/mol. The lowest BCUT2D eigenvalue weighted by atomic mass is 9.98. The van der Waals surface area contributed by atoms with Crippen molar-refractivity contribution in [2.45, 2.75) is 25.6 Å². The van der Waals surface area contributed by atoms with E-state index in [-0.39, 0.29) is 18.0 Å². The molecule has 0 aliphatic heterocycles. The molecular formula is C29H32F3N3O4. The number of ether oxygens (including phenoxy) is 4. The molecular weight excluding hydrogens is 511 g/mol. The van der Waals surface area contributed by atoms with Gasteiger partial charge in [0.05, 0.1) is 37.9 Å². The van der Waals surface area contributed by atoms with Crippen molar-refractivity contribution in [2.24, 2.45) is 0 Å². The second-order valence-corrected chi connectivity index (χ2v) is 9.43. The van der Waals surface area contributed by atoms with Crippen LogP contribution in [0.2, 0.25) is 0 Å². The SMILES string of the molecule is COc1cc(-c2nc3c(Cc4ccccc4C(F)(F)F)cc(OCC(C)N(C)C)cc3[nH]2)cc(OC)c1OC. The zero-order valence-corrected chi connectivity index (χ0v) is 22.8. The summed E-state index contributed by atoms with van der Waals surface area (Å²) < 4.78 is 63.8. The molecule has 7 nitrogen and oxygen atoms in total. The van der Waals surface area contributed by atoms with Gasteiger partial charge in [0.15, 0.2) is 11.5 Å². The first-order valence-electron chi connectivity index (χ1n) is 12.3. The molecule has 1 N–H and O–H groups in total. The maximum atomic E-state index is 13.8. The summed E-state index contributed by atoms with van der Waals surface area (Å²) in [5.41, 5.74) is 1.92. The van der Waals surface area contributed by atoms with Gasteiger partial charge in [0.1, 0.15) is 18.2 Å². The molecule has 39 heavy (non-hydrogen) atoms. The number of halogens is 3. The van der Waals surface area contributed by atoms with Crippen molar-refractivity contribution >= 4 is 11.0 Å². The van der Waals surface area contributed by atoms with Gasteiger partial charge < -0.3 is 28.8 Å². The van der Waals surface area contributed by atoms with Crippen LogP contribution in [0.15, 0.2) is 48.5 Å². The number of imidazole rings is 1. The van der Waals surface area contributed by atoms with Gasteiger partial charge in [-0.05, 0) is 56.4 Å². The highest BCUT2D eigenvalue weighted by molar-refractivity contribution is 5.85. The number of H-pyrrole nitrogens is 1. The number of alkyl halides is 3. The lowest BCUT2D eigenvalue weighted by Crippen LogP contribution is -2.30. The third-order valence-corrected chi connectivity index (χ3v) is 6.65. The average molecular weight is 544 g/mol. The molecule has 0 aliphatic rings. The standard InChI is InChI=1S/C29H32F3N3O4/c1-17(35(2)3)16-39-21-12-19(11-18-9-7-8-10-22(18)29(30,31)32)26-23(15-21)33-28(34-26)20-13-24(36-4)27(38-6)25(14-20)37-5/h7-10,12-15,17H,11,16H2,1-6H3,(H,33,34). The minimum absolute atomic E-state index is 0.0200. The van der Waals surface area contributed by atoms with E-state index in [0.717, 1.165) is 6.07 Å². The van der Waals surface area contributed by atoms with Crippen molar-refractivity contribution in [1.82, 2.24) is 14.9 Å². The summed E-state index contributed by atoms with van der Waals surface area (Å²) in [6.45, 7) is 2.43. The Morgan fingerprint density at radius 3 is 2.18 bits per heavy atom. The van der Waals surface area contributed by atoms with E-state index in [4.69, 9.17) is 23.9 Å². The van der Waals surface area contributed by atoms with E-state index in [0.29, 0.717) is 57.6 Å². The molecule has 1 heterocycles. The van der Waals surface area contributed by atoms with Crippen molar-refractivity contribution in [3.63, 3.8) is 0 Å². The van der Waals surface area contributed by atoms with E-state index in [9.17, 15) is 13.2 Å². The molecule has 10 heteroatoms. The van der Waals surface area contributed by atoms with Crippen LogP contribution >= 0.6 is 0 Å². The molecule has 0 radical (unpaired) electrons. The second kappa shape index (κ2) is 11.4. The number of aromatic amines is 1. The molecule has 4 aromatic rings. The smallest absolute Gasteiger partial charge is 0.416 e. The summed E-state index contributed by atoms with van der Waals surface area (Å²) in [6, 6.07) is 12.8. The van der Waals surface area contributed by atoms with Crippen molar-refractivity contribution in [3.05, 3.63) is 65.2 Å². The van der Waals surface area contributed by atoms with Gasteiger partial charge in [0, 0.05) is 24.1 Å². The number of methoxy groups -OCH3 is 3. The van der Waals surface area contributed by atoms with Gasteiger partial charge in [0.2, 0.25) is 5.75 Å². The van der Waals surface area contributed by atoms with Crippen LogP contribution in [0.25, 0.3) is 22.4 Å². The van der Waals surface area contributed by atoms with Crippen LogP contribution in [0.5, 0.6) is 23.0 Å². The van der Waals surface area contributed by atoms with Gasteiger partial charge in [-0.2, -0.15) is 13.2 Å². The van der Waals surface area contributed by atoms with Crippen LogP contribution in [0, 0.1) is 0 Å². The Labute approximate surface area is 225 Å². The maximum Gasteiger partial charge on any atom is 0.416 e. The predicted octanol–water partition coefficient (Wildman–Crippen LogP) is 6.19. The van der Waals surface area contributed by atoms with Crippen LogP contribution in [0.4, 0.5) is 13.2 Å². The summed E-state index contributed by atoms with van der Waals surface area (Å²) in [5, 5.41) is 0. The monoisotopic (exact) mass is 543 g/mol. The zero-order chi connectivity index (χ0) is 28.3. The molecule has 0 saturated heterocycles. The average Bonchev–Trinajstić information content (AvgIpc) is 3.35. The molecule has 0 aliphatic carbocycles. The van der Waals surface area contributed by atoms with Gasteiger partial charge in [-0.1, -0.05) is 18.2 Å². The van der Waals surface area contributed by atoms with Crippen LogP contribution in [0.3, 0.4) is 0 Å². The number of fused-ring (bicyclic) bond motifs is 1. The summed E-state index contributed by atoms with van der Waals surface area (Å²) in [5.74, 6) is 2.38. The number of nitrogens with zero attached hydrogens (tertiary/aromatic N) is 2. The van der Waals surface area contributed by atoms with Gasteiger partial charge in [-0.3, -0.25) is 0 Å². The number of rotatable bonds is 10. The summed E-state index contributed by atoms with van der Waals surface area (Å²) in [4.78, 5) is 10.1. The van der Waals surface area contributed by atoms with Crippen molar-refractivity contribution in [3.8, 4) is 34.4 Å². The van der Waals surface area contributed by atoms with Gasteiger partial charge >= 0.3 is 6.18 Å². The lowest BCUT2D eigenvalue weighted by molar-refractivity contribution is -0.138. The summed E-state index contributed by atoms with van der Waals surface area (Å²) in [6.07, 6.45) is -4.45. The fourth-order valence-corrected chi connectivity index (χ4v) is 4.25. The molecule has 3 aromatic carbocycles. The number of hydrogen-bond donors (Lipinski definition) is 1. The Morgan fingerprint density at radius 1 is 0.923 bits per heavy atom. The summed E-state index contributed by atoms with van der Waals surface area (Å²) >= 11 is 0. The summed E-state index contributed by atoms with van der Waals surface area (Å²) in [7, 11) is 8.47. The largest absolute Gasteiger partial charge is 0.493 e. The molecule has 0 spiro atoms. The maximum absolute atomic E-state index is 13.8. The van der Waals surface area contributed by atoms with Gasteiger partial charge in [-0.15, -0.1) is 0 Å². The van der Waals surface area contributed by atoms with Crippen LogP contribution < -0.4 is 18.9 Å². The van der Waals surface area contributed by atoms with E-state index in [2.05, 4.69) is 4.98 Å². The second-order valence-electron chi connectivity index (χ2n) is 9.43. The number of benzene rings is 3. The lowest BCUT2D eigenvalue weighted by Gasteiger charge is -2.20. The quantitative estimate of drug-likeness (QED) is 0.257. The molecule has 0 saturated carbocycles. The third kappa shape index (κ3) is 6.06. The highest BCUT2D eigenvalue weighted by Gasteiger charge is 2.33. The van der Waals surface area contributed by atoms with E-state index < -0.39 is 11.7 Å². The van der Waals surface area contributed by atoms with Crippen molar-refractivity contribution in [2.75, 3.05) is 42.0 Å². The third-order valence-electron chi connectivity index (χ3n) is 6.65. The zero-order valence-electron chi connectivity index (χ0n) is 22.8. The van der Waals surface area contributed by atoms with Crippen molar-refractivity contribution < 1.29 is 32.1 Å². The van der Waals surface area contributed by atoms with Crippen molar-refractivity contribution in [1.29, 1.82) is 0 Å². The molecule has 0 amide bonds. The molecule has 0 fully saturated rings. The van der Waals surface area contributed by atoms with E-state index in [1.54, 1.807) is 24.3 Å². The molecule has 1 atom stereocenters. The normalized spacial score (nSPS) is 12.6. The number of nitrogens with one attached hydrogen (secondary N) is 1. The molecule has 208 valence electrons. The first-order valence-corrected chi connectivity index (χ1v) is 12.3. The van der Waals surface area contributed by atoms with Crippen LogP contribution in [-0.2, 0) is 12.6 Å². The fourth-order valence-electron chi connectivity index (χ4n) is 4.25. The van der Waals surface area contributed by atoms with Gasteiger partial charge in [0.25, 0.3) is 0 Å². The van der Waals surface area contributed by atoms with Gasteiger partial charge in [-0.25, -0.2) is 4.98 Å². The topological polar surface area (TPSA) is 68.8 Å². The Kier molecular flexibility index (Phi) is 8.25. The molecule has 1 unspecified atom stereocenters. The van der Waals surface area contributed by atoms with E-state index in [1.165, 1.54) is 33.5 Å². The Hall–Kier alpha value is -3.92. The van der Waals surface area contributed by atoms with E-state index >= 15 is 0 Å². The molecule has 0 bridgehead atoms. The molecule has 4 rings (SSSR count). The first kappa shape index (κ1) is 28.1. The Morgan fingerprint density at radius 2 is 1.59 bits per heavy atom. The van der Waals surface area contributed by atoms with Crippen LogP contribution in [-0.4, -0.2) is 62.9 Å². The molecule has 1 aromatic heterocycles. The minimum Gasteiger partial charge on any atom is -0.493 e. The number of hydrogen-bond acceptors (Lipinski definition) is 6.